The van der Waals surface area contributed by atoms with Crippen LogP contribution in [0.25, 0.3) is 33.1 Å². The van der Waals surface area contributed by atoms with Gasteiger partial charge < -0.3 is 4.57 Å². The van der Waals surface area contributed by atoms with Gasteiger partial charge in [-0.2, -0.15) is 0 Å². The summed E-state index contributed by atoms with van der Waals surface area (Å²) in [5.41, 5.74) is 9.34. The van der Waals surface area contributed by atoms with E-state index in [1.165, 1.54) is 62.6 Å². The second kappa shape index (κ2) is 8.08. The summed E-state index contributed by atoms with van der Waals surface area (Å²) in [7, 11) is 0. The van der Waals surface area contributed by atoms with Crippen molar-refractivity contribution in [1.82, 2.24) is 4.57 Å². The molecule has 162 valence electrons. The Kier molecular flexibility index (Phi) is 4.91. The van der Waals surface area contributed by atoms with Gasteiger partial charge >= 0.3 is 0 Å². The highest BCUT2D eigenvalue weighted by Crippen LogP contribution is 2.41. The lowest BCUT2D eigenvalue weighted by atomic mass is 9.76. The zero-order valence-corrected chi connectivity index (χ0v) is 19.3. The van der Waals surface area contributed by atoms with Crippen LogP contribution in [0, 0.1) is 11.8 Å². The minimum atomic E-state index is 0.468. The fourth-order valence-electron chi connectivity index (χ4n) is 5.72. The van der Waals surface area contributed by atoms with Crippen molar-refractivity contribution in [2.24, 2.45) is 11.8 Å². The van der Waals surface area contributed by atoms with E-state index >= 15 is 0 Å². The van der Waals surface area contributed by atoms with Gasteiger partial charge in [0.15, 0.2) is 0 Å². The summed E-state index contributed by atoms with van der Waals surface area (Å²) >= 11 is 0. The average molecular weight is 428 g/mol. The third kappa shape index (κ3) is 3.31. The number of para-hydroxylation sites is 2. The van der Waals surface area contributed by atoms with Crippen molar-refractivity contribution in [3.05, 3.63) is 120 Å². The first-order valence-corrected chi connectivity index (χ1v) is 12.1. The number of nitrogens with zero attached hydrogens (tertiary/aromatic N) is 1. The first kappa shape index (κ1) is 20.1. The Morgan fingerprint density at radius 1 is 0.788 bits per heavy atom. The molecular formula is C32H29N. The Balaban J connectivity index is 1.51. The summed E-state index contributed by atoms with van der Waals surface area (Å²) in [5, 5.41) is 2.65. The molecule has 2 atom stereocenters. The van der Waals surface area contributed by atoms with E-state index in [0.717, 1.165) is 0 Å². The topological polar surface area (TPSA) is 4.93 Å². The van der Waals surface area contributed by atoms with Crippen LogP contribution in [0.4, 0.5) is 0 Å². The van der Waals surface area contributed by atoms with Crippen molar-refractivity contribution in [2.75, 3.05) is 0 Å². The van der Waals surface area contributed by atoms with E-state index in [1.54, 1.807) is 0 Å². The van der Waals surface area contributed by atoms with Gasteiger partial charge in [-0.1, -0.05) is 91.4 Å². The summed E-state index contributed by atoms with van der Waals surface area (Å²) in [6.45, 7) is 4.63. The van der Waals surface area contributed by atoms with Crippen LogP contribution >= 0.6 is 0 Å². The van der Waals surface area contributed by atoms with Crippen LogP contribution in [0.3, 0.4) is 0 Å². The standard InChI is InChI=1S/C32H29N/c1-22-11-6-7-14-26(22)27-20-19-24(21-23(27)2)28-16-10-18-31-32(28)29-15-8-9-17-30(29)33(31)25-12-4-3-5-13-25/h3-5,8-21,23,27H,6-7H2,1-2H3. The van der Waals surface area contributed by atoms with Gasteiger partial charge in [0.05, 0.1) is 11.0 Å². The molecule has 0 radical (unpaired) electrons. The maximum absolute atomic E-state index is 2.48. The van der Waals surface area contributed by atoms with E-state index in [9.17, 15) is 0 Å². The van der Waals surface area contributed by atoms with E-state index in [2.05, 4.69) is 122 Å². The molecule has 0 N–H and O–H groups in total. The van der Waals surface area contributed by atoms with Crippen molar-refractivity contribution in [2.45, 2.75) is 26.7 Å². The number of hydrogen-bond acceptors (Lipinski definition) is 0. The molecule has 1 nitrogen and oxygen atoms in total. The van der Waals surface area contributed by atoms with Gasteiger partial charge in [0, 0.05) is 22.4 Å². The average Bonchev–Trinajstić information content (AvgIpc) is 3.20. The first-order chi connectivity index (χ1) is 16.2. The molecule has 0 saturated carbocycles. The van der Waals surface area contributed by atoms with Crippen molar-refractivity contribution in [3.63, 3.8) is 0 Å². The van der Waals surface area contributed by atoms with Crippen molar-refractivity contribution in [1.29, 1.82) is 0 Å². The molecule has 0 bridgehead atoms. The van der Waals surface area contributed by atoms with E-state index < -0.39 is 0 Å². The Labute approximate surface area is 196 Å². The SMILES string of the molecule is CC1=CCCC=C1C1C=CC(c2cccc3c2c2ccccc2n3-c2ccccc2)=CC1C. The van der Waals surface area contributed by atoms with Crippen molar-refractivity contribution < 1.29 is 0 Å². The largest absolute Gasteiger partial charge is 0.309 e. The van der Waals surface area contributed by atoms with Crippen molar-refractivity contribution in [3.8, 4) is 5.69 Å². The lowest BCUT2D eigenvalue weighted by Crippen LogP contribution is -2.15. The Morgan fingerprint density at radius 2 is 1.55 bits per heavy atom. The smallest absolute Gasteiger partial charge is 0.0547 e. The molecule has 1 aromatic heterocycles. The van der Waals surface area contributed by atoms with Crippen molar-refractivity contribution >= 4 is 27.4 Å². The monoisotopic (exact) mass is 427 g/mol. The Bertz CT molecular complexity index is 1470. The first-order valence-electron chi connectivity index (χ1n) is 12.1. The number of hydrogen-bond donors (Lipinski definition) is 0. The molecule has 0 aliphatic heterocycles. The molecule has 0 spiro atoms. The van der Waals surface area contributed by atoms with E-state index in [1.807, 2.05) is 0 Å². The van der Waals surface area contributed by atoms with Gasteiger partial charge in [0.25, 0.3) is 0 Å². The van der Waals surface area contributed by atoms with Gasteiger partial charge in [-0.05, 0) is 66.7 Å². The molecule has 3 aromatic carbocycles. The van der Waals surface area contributed by atoms with E-state index in [0.29, 0.717) is 11.8 Å². The predicted molar refractivity (Wildman–Crippen MR) is 142 cm³/mol. The lowest BCUT2D eigenvalue weighted by Gasteiger charge is -2.28. The number of benzene rings is 3. The molecule has 0 fully saturated rings. The van der Waals surface area contributed by atoms with Gasteiger partial charge in [-0.25, -0.2) is 0 Å². The molecule has 0 saturated heterocycles. The summed E-state index contributed by atoms with van der Waals surface area (Å²) in [6, 6.07) is 26.2. The minimum absolute atomic E-state index is 0.468. The summed E-state index contributed by atoms with van der Waals surface area (Å²) < 4.78 is 2.40. The molecule has 1 heteroatoms. The quantitative estimate of drug-likeness (QED) is 0.308. The third-order valence-corrected chi connectivity index (χ3v) is 7.31. The number of allylic oxidation sites excluding steroid dienone is 8. The molecule has 33 heavy (non-hydrogen) atoms. The maximum atomic E-state index is 2.48. The van der Waals surface area contributed by atoms with E-state index in [-0.39, 0.29) is 0 Å². The van der Waals surface area contributed by atoms with Crippen LogP contribution in [0.5, 0.6) is 0 Å². The fourth-order valence-corrected chi connectivity index (χ4v) is 5.72. The minimum Gasteiger partial charge on any atom is -0.309 e. The number of rotatable bonds is 3. The highest BCUT2D eigenvalue weighted by molar-refractivity contribution is 6.14. The molecular weight excluding hydrogens is 398 g/mol. The van der Waals surface area contributed by atoms with E-state index in [4.69, 9.17) is 0 Å². The summed E-state index contributed by atoms with van der Waals surface area (Å²) in [4.78, 5) is 0. The van der Waals surface area contributed by atoms with Crippen LogP contribution < -0.4 is 0 Å². The molecule has 6 rings (SSSR count). The molecule has 1 heterocycles. The summed E-state index contributed by atoms with van der Waals surface area (Å²) in [6.07, 6.45) is 14.5. The van der Waals surface area contributed by atoms with Gasteiger partial charge in [0.2, 0.25) is 0 Å². The van der Waals surface area contributed by atoms with Gasteiger partial charge in [-0.3, -0.25) is 0 Å². The number of fused-ring (bicyclic) bond motifs is 3. The third-order valence-electron chi connectivity index (χ3n) is 7.31. The highest BCUT2D eigenvalue weighted by atomic mass is 15.0. The molecule has 2 aliphatic carbocycles. The zero-order valence-electron chi connectivity index (χ0n) is 19.3. The summed E-state index contributed by atoms with van der Waals surface area (Å²) in [5.74, 6) is 0.936. The van der Waals surface area contributed by atoms with Crippen LogP contribution in [0.1, 0.15) is 32.3 Å². The number of aromatic nitrogens is 1. The fraction of sp³-hybridized carbons (Fsp3) is 0.188. The lowest BCUT2D eigenvalue weighted by molar-refractivity contribution is 0.578. The van der Waals surface area contributed by atoms with Crippen LogP contribution in [-0.2, 0) is 0 Å². The molecule has 4 aromatic rings. The maximum Gasteiger partial charge on any atom is 0.0547 e. The highest BCUT2D eigenvalue weighted by Gasteiger charge is 2.24. The van der Waals surface area contributed by atoms with Gasteiger partial charge in [-0.15, -0.1) is 0 Å². The predicted octanol–water partition coefficient (Wildman–Crippen LogP) is 8.66. The molecule has 2 aliphatic rings. The zero-order chi connectivity index (χ0) is 22.4. The Hall–Kier alpha value is -3.58. The van der Waals surface area contributed by atoms with Crippen LogP contribution in [-0.4, -0.2) is 4.57 Å². The van der Waals surface area contributed by atoms with Crippen LogP contribution in [0.2, 0.25) is 0 Å². The molecule has 0 amide bonds. The van der Waals surface area contributed by atoms with Crippen LogP contribution in [0.15, 0.2) is 114 Å². The normalized spacial score (nSPS) is 20.6. The Morgan fingerprint density at radius 3 is 2.36 bits per heavy atom. The molecule has 2 unspecified atom stereocenters. The van der Waals surface area contributed by atoms with Gasteiger partial charge in [0.1, 0.15) is 0 Å². The second-order valence-corrected chi connectivity index (χ2v) is 9.38. The second-order valence-electron chi connectivity index (χ2n) is 9.38.